The Labute approximate surface area is 160 Å². The Balaban J connectivity index is 1.80. The van der Waals surface area contributed by atoms with Gasteiger partial charge in [0.05, 0.1) is 0 Å². The van der Waals surface area contributed by atoms with E-state index in [1.54, 1.807) is 30.3 Å². The van der Waals surface area contributed by atoms with Crippen LogP contribution in [-0.2, 0) is 4.79 Å². The molecule has 0 saturated carbocycles. The minimum Gasteiger partial charge on any atom is -0.490 e. The number of carbonyl (C=O) groups is 1. The first-order chi connectivity index (χ1) is 13.0. The molecule has 2 aromatic carbocycles. The van der Waals surface area contributed by atoms with E-state index in [1.165, 1.54) is 11.6 Å². The molecule has 0 spiro atoms. The number of benzene rings is 2. The van der Waals surface area contributed by atoms with Crippen LogP contribution in [0.1, 0.15) is 37.3 Å². The lowest BCUT2D eigenvalue weighted by molar-refractivity contribution is -0.114. The molecule has 2 rings (SSSR count). The maximum absolute atomic E-state index is 11.1. The van der Waals surface area contributed by atoms with Gasteiger partial charge in [0.1, 0.15) is 36.4 Å². The zero-order chi connectivity index (χ0) is 19.6. The molecule has 0 bridgehead atoms. The molecule has 2 N–H and O–H groups in total. The zero-order valence-corrected chi connectivity index (χ0v) is 15.6. The second-order valence-electron chi connectivity index (χ2n) is 6.18. The number of hydrogen-bond acceptors (Lipinski definition) is 4. The Bertz CT molecular complexity index is 818. The Morgan fingerprint density at radius 1 is 1.07 bits per heavy atom. The van der Waals surface area contributed by atoms with Gasteiger partial charge in [0.15, 0.2) is 0 Å². The summed E-state index contributed by atoms with van der Waals surface area (Å²) < 4.78 is 11.3. The van der Waals surface area contributed by atoms with Crippen molar-refractivity contribution < 1.29 is 14.3 Å². The average Bonchev–Trinajstić information content (AvgIpc) is 2.70. The van der Waals surface area contributed by atoms with Gasteiger partial charge in [0, 0.05) is 0 Å². The highest BCUT2D eigenvalue weighted by atomic mass is 16.5. The van der Waals surface area contributed by atoms with Crippen molar-refractivity contribution in [3.05, 3.63) is 65.2 Å². The summed E-state index contributed by atoms with van der Waals surface area (Å²) in [6.45, 7) is 5.23. The highest BCUT2D eigenvalue weighted by Gasteiger charge is 2.04. The molecule has 0 heterocycles. The lowest BCUT2D eigenvalue weighted by Gasteiger charge is -2.11. The van der Waals surface area contributed by atoms with E-state index in [1.807, 2.05) is 12.1 Å². The van der Waals surface area contributed by atoms with Crippen molar-refractivity contribution in [2.45, 2.75) is 26.2 Å². The van der Waals surface area contributed by atoms with E-state index in [9.17, 15) is 4.79 Å². The van der Waals surface area contributed by atoms with E-state index in [2.05, 4.69) is 26.0 Å². The van der Waals surface area contributed by atoms with Crippen LogP contribution in [0.2, 0.25) is 0 Å². The van der Waals surface area contributed by atoms with Crippen molar-refractivity contribution in [2.24, 2.45) is 5.73 Å². The van der Waals surface area contributed by atoms with Gasteiger partial charge in [-0.15, -0.1) is 0 Å². The van der Waals surface area contributed by atoms with Crippen molar-refractivity contribution in [1.82, 2.24) is 0 Å². The van der Waals surface area contributed by atoms with Crippen LogP contribution < -0.4 is 15.2 Å². The van der Waals surface area contributed by atoms with E-state index >= 15 is 0 Å². The molecule has 1 atom stereocenters. The third kappa shape index (κ3) is 6.19. The molecule has 27 heavy (non-hydrogen) atoms. The van der Waals surface area contributed by atoms with E-state index in [0.717, 1.165) is 12.2 Å². The summed E-state index contributed by atoms with van der Waals surface area (Å²) in [6, 6.07) is 17.0. The molecule has 5 heteroatoms. The molecule has 2 aromatic rings. The third-order valence-corrected chi connectivity index (χ3v) is 4.26. The SMILES string of the molecule is CC[C@@H](C)c1ccc(OCCOc2ccc(/C=C(/C#N)C(N)=O)cc2)cc1. The molecule has 0 aliphatic heterocycles. The predicted octanol–water partition coefficient (Wildman–Crippen LogP) is 4.05. The minimum absolute atomic E-state index is 0.0867. The molecule has 0 radical (unpaired) electrons. The maximum atomic E-state index is 11.1. The Kier molecular flexibility index (Phi) is 7.45. The van der Waals surface area contributed by atoms with Crippen molar-refractivity contribution >= 4 is 12.0 Å². The molecule has 0 fully saturated rings. The Morgan fingerprint density at radius 2 is 1.59 bits per heavy atom. The molecular formula is C22H24N2O3. The van der Waals surface area contributed by atoms with E-state index in [4.69, 9.17) is 20.5 Å². The van der Waals surface area contributed by atoms with Gasteiger partial charge < -0.3 is 15.2 Å². The largest absolute Gasteiger partial charge is 0.490 e. The van der Waals surface area contributed by atoms with Crippen LogP contribution >= 0.6 is 0 Å². The number of amides is 1. The Morgan fingerprint density at radius 3 is 2.04 bits per heavy atom. The lowest BCUT2D eigenvalue weighted by Crippen LogP contribution is -2.12. The van der Waals surface area contributed by atoms with E-state index in [0.29, 0.717) is 30.4 Å². The fraction of sp³-hybridized carbons (Fsp3) is 0.273. The summed E-state index contributed by atoms with van der Waals surface area (Å²) in [4.78, 5) is 11.1. The summed E-state index contributed by atoms with van der Waals surface area (Å²) in [5.41, 5.74) is 7.04. The maximum Gasteiger partial charge on any atom is 0.259 e. The molecule has 0 aliphatic carbocycles. The van der Waals surface area contributed by atoms with Crippen molar-refractivity contribution in [3.8, 4) is 17.6 Å². The quantitative estimate of drug-likeness (QED) is 0.413. The normalized spacial score (nSPS) is 12.1. The summed E-state index contributed by atoms with van der Waals surface area (Å²) in [5, 5.41) is 8.85. The summed E-state index contributed by atoms with van der Waals surface area (Å²) in [5.74, 6) is 1.31. The van der Waals surface area contributed by atoms with Crippen LogP contribution in [0.3, 0.4) is 0 Å². The fourth-order valence-corrected chi connectivity index (χ4v) is 2.43. The van der Waals surface area contributed by atoms with Gasteiger partial charge in [-0.25, -0.2) is 0 Å². The van der Waals surface area contributed by atoms with Gasteiger partial charge >= 0.3 is 0 Å². The number of carbonyl (C=O) groups excluding carboxylic acids is 1. The highest BCUT2D eigenvalue weighted by molar-refractivity contribution is 6.00. The van der Waals surface area contributed by atoms with E-state index in [-0.39, 0.29) is 5.57 Å². The molecule has 0 unspecified atom stereocenters. The smallest absolute Gasteiger partial charge is 0.259 e. The van der Waals surface area contributed by atoms with Crippen LogP contribution in [0.15, 0.2) is 54.1 Å². The number of nitrogens with zero attached hydrogens (tertiary/aromatic N) is 1. The Hall–Kier alpha value is -3.26. The molecule has 0 aliphatic rings. The van der Waals surface area contributed by atoms with Gasteiger partial charge in [0.2, 0.25) is 0 Å². The average molecular weight is 364 g/mol. The monoisotopic (exact) mass is 364 g/mol. The van der Waals surface area contributed by atoms with Crippen molar-refractivity contribution in [1.29, 1.82) is 5.26 Å². The number of primary amides is 1. The van der Waals surface area contributed by atoms with Gasteiger partial charge in [-0.3, -0.25) is 4.79 Å². The number of ether oxygens (including phenoxy) is 2. The number of hydrogen-bond donors (Lipinski definition) is 1. The number of nitriles is 1. The first kappa shape index (κ1) is 20.1. The van der Waals surface area contributed by atoms with Crippen molar-refractivity contribution in [2.75, 3.05) is 13.2 Å². The predicted molar refractivity (Wildman–Crippen MR) is 105 cm³/mol. The first-order valence-electron chi connectivity index (χ1n) is 8.90. The molecule has 0 saturated heterocycles. The topological polar surface area (TPSA) is 85.3 Å². The molecule has 0 aromatic heterocycles. The lowest BCUT2D eigenvalue weighted by atomic mass is 9.99. The van der Waals surface area contributed by atoms with Gasteiger partial charge in [-0.05, 0) is 53.8 Å². The van der Waals surface area contributed by atoms with Crippen LogP contribution in [0.4, 0.5) is 0 Å². The molecule has 140 valence electrons. The van der Waals surface area contributed by atoms with Gasteiger partial charge in [-0.1, -0.05) is 38.1 Å². The molecular weight excluding hydrogens is 340 g/mol. The summed E-state index contributed by atoms with van der Waals surface area (Å²) in [6.07, 6.45) is 2.56. The summed E-state index contributed by atoms with van der Waals surface area (Å²) in [7, 11) is 0. The zero-order valence-electron chi connectivity index (χ0n) is 15.6. The number of rotatable bonds is 9. The van der Waals surface area contributed by atoms with Crippen LogP contribution in [0.5, 0.6) is 11.5 Å². The fourth-order valence-electron chi connectivity index (χ4n) is 2.43. The second kappa shape index (κ2) is 10.0. The molecule has 5 nitrogen and oxygen atoms in total. The first-order valence-corrected chi connectivity index (χ1v) is 8.90. The van der Waals surface area contributed by atoms with Gasteiger partial charge in [-0.2, -0.15) is 5.26 Å². The van der Waals surface area contributed by atoms with Crippen LogP contribution in [-0.4, -0.2) is 19.1 Å². The van der Waals surface area contributed by atoms with Crippen molar-refractivity contribution in [3.63, 3.8) is 0 Å². The second-order valence-corrected chi connectivity index (χ2v) is 6.18. The van der Waals surface area contributed by atoms with E-state index < -0.39 is 5.91 Å². The van der Waals surface area contributed by atoms with Crippen LogP contribution in [0.25, 0.3) is 6.08 Å². The van der Waals surface area contributed by atoms with Crippen LogP contribution in [0, 0.1) is 11.3 Å². The number of nitrogens with two attached hydrogens (primary N) is 1. The molecule has 1 amide bonds. The highest BCUT2D eigenvalue weighted by Crippen LogP contribution is 2.21. The standard InChI is InChI=1S/C22H24N2O3/c1-3-16(2)18-6-10-21(11-7-18)27-13-12-26-20-8-4-17(5-9-20)14-19(15-23)22(24)25/h4-11,14,16H,3,12-13H2,1-2H3,(H2,24,25)/b19-14-/t16-/m1/s1. The van der Waals surface area contributed by atoms with Gasteiger partial charge in [0.25, 0.3) is 5.91 Å². The third-order valence-electron chi connectivity index (χ3n) is 4.26. The minimum atomic E-state index is -0.743. The summed E-state index contributed by atoms with van der Waals surface area (Å²) >= 11 is 0.